The van der Waals surface area contributed by atoms with Crippen LogP contribution in [0.2, 0.25) is 5.02 Å². The minimum atomic E-state index is -0.770. The predicted octanol–water partition coefficient (Wildman–Crippen LogP) is 2.65. The Morgan fingerprint density at radius 2 is 2.44 bits per heavy atom. The van der Waals surface area contributed by atoms with Crippen LogP contribution in [0.15, 0.2) is 6.20 Å². The lowest BCUT2D eigenvalue weighted by Crippen LogP contribution is -2.51. The van der Waals surface area contributed by atoms with Gasteiger partial charge in [-0.25, -0.2) is 0 Å². The summed E-state index contributed by atoms with van der Waals surface area (Å²) in [6.07, 6.45) is 5.14. The van der Waals surface area contributed by atoms with E-state index in [1.54, 1.807) is 4.68 Å². The molecule has 4 nitrogen and oxygen atoms in total. The second-order valence-electron chi connectivity index (χ2n) is 5.34. The maximum absolute atomic E-state index is 12.7. The van der Waals surface area contributed by atoms with Crippen molar-refractivity contribution in [3.8, 4) is 0 Å². The molecule has 5 heteroatoms. The number of ketones is 1. The van der Waals surface area contributed by atoms with Crippen LogP contribution in [0.3, 0.4) is 0 Å². The first-order valence-electron chi connectivity index (χ1n) is 6.53. The lowest BCUT2D eigenvalue weighted by molar-refractivity contribution is 0.0808. The van der Waals surface area contributed by atoms with Gasteiger partial charge in [-0.2, -0.15) is 5.10 Å². The average Bonchev–Trinajstić information content (AvgIpc) is 2.69. The molecule has 1 heterocycles. The summed E-state index contributed by atoms with van der Waals surface area (Å²) in [5.74, 6) is 0.433. The summed E-state index contributed by atoms with van der Waals surface area (Å²) in [4.78, 5) is 12.7. The van der Waals surface area contributed by atoms with E-state index in [9.17, 15) is 4.79 Å². The van der Waals surface area contributed by atoms with Gasteiger partial charge in [0, 0.05) is 6.54 Å². The van der Waals surface area contributed by atoms with Crippen LogP contribution in [0.4, 0.5) is 0 Å². The van der Waals surface area contributed by atoms with E-state index in [0.717, 1.165) is 25.7 Å². The molecule has 1 fully saturated rings. The summed E-state index contributed by atoms with van der Waals surface area (Å²) in [6.45, 7) is 4.71. The van der Waals surface area contributed by atoms with E-state index < -0.39 is 5.54 Å². The van der Waals surface area contributed by atoms with Crippen LogP contribution >= 0.6 is 11.6 Å². The molecule has 1 aliphatic rings. The monoisotopic (exact) mass is 269 g/mol. The quantitative estimate of drug-likeness (QED) is 0.858. The van der Waals surface area contributed by atoms with Gasteiger partial charge < -0.3 is 5.73 Å². The first-order chi connectivity index (χ1) is 8.48. The van der Waals surface area contributed by atoms with E-state index in [4.69, 9.17) is 17.3 Å². The fourth-order valence-corrected chi connectivity index (χ4v) is 3.09. The molecule has 0 aromatic carbocycles. The fraction of sp³-hybridized carbons (Fsp3) is 0.692. The van der Waals surface area contributed by atoms with Crippen LogP contribution in [0.1, 0.15) is 50.0 Å². The van der Waals surface area contributed by atoms with Gasteiger partial charge in [0.25, 0.3) is 0 Å². The van der Waals surface area contributed by atoms with Gasteiger partial charge in [0.05, 0.1) is 16.8 Å². The highest BCUT2D eigenvalue weighted by atomic mass is 35.5. The van der Waals surface area contributed by atoms with E-state index >= 15 is 0 Å². The molecule has 2 rings (SSSR count). The number of carbonyl (C=O) groups is 1. The first kappa shape index (κ1) is 13.6. The number of aryl methyl sites for hydroxylation is 1. The highest BCUT2D eigenvalue weighted by Gasteiger charge is 2.40. The molecule has 0 amide bonds. The van der Waals surface area contributed by atoms with Gasteiger partial charge in [-0.3, -0.25) is 9.48 Å². The van der Waals surface area contributed by atoms with Crippen molar-refractivity contribution in [2.24, 2.45) is 11.7 Å². The molecule has 1 aromatic rings. The Labute approximate surface area is 112 Å². The summed E-state index contributed by atoms with van der Waals surface area (Å²) < 4.78 is 1.64. The van der Waals surface area contributed by atoms with Crippen LogP contribution < -0.4 is 5.73 Å². The molecule has 0 spiro atoms. The molecule has 0 aliphatic heterocycles. The van der Waals surface area contributed by atoms with Crippen molar-refractivity contribution >= 4 is 17.4 Å². The number of nitrogens with zero attached hydrogens (tertiary/aromatic N) is 2. The van der Waals surface area contributed by atoms with Crippen LogP contribution in [-0.4, -0.2) is 21.1 Å². The summed E-state index contributed by atoms with van der Waals surface area (Å²) in [5, 5.41) is 4.52. The van der Waals surface area contributed by atoms with Gasteiger partial charge in [-0.15, -0.1) is 0 Å². The number of hydrogen-bond acceptors (Lipinski definition) is 3. The van der Waals surface area contributed by atoms with Crippen molar-refractivity contribution < 1.29 is 4.79 Å². The van der Waals surface area contributed by atoms with Crippen LogP contribution in [0.25, 0.3) is 0 Å². The molecule has 1 saturated carbocycles. The molecule has 1 aromatic heterocycles. The molecule has 2 N–H and O–H groups in total. The van der Waals surface area contributed by atoms with Crippen molar-refractivity contribution in [2.75, 3.05) is 0 Å². The zero-order valence-electron chi connectivity index (χ0n) is 10.9. The SMILES string of the molecule is CCn1ncc(Cl)c1C(=O)C1(N)CCCC(C)C1. The molecular weight excluding hydrogens is 250 g/mol. The predicted molar refractivity (Wildman–Crippen MR) is 71.8 cm³/mol. The van der Waals surface area contributed by atoms with Crippen molar-refractivity contribution in [1.29, 1.82) is 0 Å². The summed E-state index contributed by atoms with van der Waals surface area (Å²) in [7, 11) is 0. The summed E-state index contributed by atoms with van der Waals surface area (Å²) >= 11 is 6.08. The zero-order valence-corrected chi connectivity index (χ0v) is 11.7. The maximum atomic E-state index is 12.7. The molecule has 0 radical (unpaired) electrons. The highest BCUT2D eigenvalue weighted by molar-refractivity contribution is 6.34. The topological polar surface area (TPSA) is 60.9 Å². The summed E-state index contributed by atoms with van der Waals surface area (Å²) in [6, 6.07) is 0. The van der Waals surface area contributed by atoms with Crippen molar-refractivity contribution in [1.82, 2.24) is 9.78 Å². The smallest absolute Gasteiger partial charge is 0.202 e. The minimum absolute atomic E-state index is 0.0570. The highest BCUT2D eigenvalue weighted by Crippen LogP contribution is 2.34. The van der Waals surface area contributed by atoms with Crippen LogP contribution in [-0.2, 0) is 6.54 Å². The van der Waals surface area contributed by atoms with E-state index in [1.165, 1.54) is 6.20 Å². The van der Waals surface area contributed by atoms with Crippen molar-refractivity contribution in [3.05, 3.63) is 16.9 Å². The van der Waals surface area contributed by atoms with Gasteiger partial charge in [0.2, 0.25) is 5.78 Å². The molecule has 18 heavy (non-hydrogen) atoms. The number of halogens is 1. The van der Waals surface area contributed by atoms with Crippen LogP contribution in [0, 0.1) is 5.92 Å². The molecule has 2 atom stereocenters. The largest absolute Gasteiger partial charge is 0.319 e. The Balaban J connectivity index is 2.32. The van der Waals surface area contributed by atoms with Gasteiger partial charge in [0.1, 0.15) is 5.69 Å². The van der Waals surface area contributed by atoms with Gasteiger partial charge in [-0.05, 0) is 25.7 Å². The van der Waals surface area contributed by atoms with Gasteiger partial charge >= 0.3 is 0 Å². The van der Waals surface area contributed by atoms with Crippen molar-refractivity contribution in [2.45, 2.75) is 51.6 Å². The second kappa shape index (κ2) is 5.02. The average molecular weight is 270 g/mol. The second-order valence-corrected chi connectivity index (χ2v) is 5.75. The Morgan fingerprint density at radius 3 is 3.06 bits per heavy atom. The Kier molecular flexibility index (Phi) is 3.78. The fourth-order valence-electron chi connectivity index (χ4n) is 2.86. The normalized spacial score (nSPS) is 28.3. The number of aromatic nitrogens is 2. The van der Waals surface area contributed by atoms with Gasteiger partial charge in [0.15, 0.2) is 0 Å². The molecular formula is C13H20ClN3O. The first-order valence-corrected chi connectivity index (χ1v) is 6.90. The van der Waals surface area contributed by atoms with E-state index in [2.05, 4.69) is 12.0 Å². The summed E-state index contributed by atoms with van der Waals surface area (Å²) in [5.41, 5.74) is 6.03. The number of nitrogens with two attached hydrogens (primary N) is 1. The van der Waals surface area contributed by atoms with E-state index in [0.29, 0.717) is 23.2 Å². The Hall–Kier alpha value is -0.870. The molecule has 0 bridgehead atoms. The lowest BCUT2D eigenvalue weighted by atomic mass is 9.74. The maximum Gasteiger partial charge on any atom is 0.202 e. The van der Waals surface area contributed by atoms with Gasteiger partial charge in [-0.1, -0.05) is 31.4 Å². The molecule has 2 unspecified atom stereocenters. The Morgan fingerprint density at radius 1 is 1.72 bits per heavy atom. The number of hydrogen-bond donors (Lipinski definition) is 1. The third kappa shape index (κ3) is 2.31. The number of rotatable bonds is 3. The number of Topliss-reactive ketones (excluding diaryl/α,β-unsaturated/α-hetero) is 1. The lowest BCUT2D eigenvalue weighted by Gasteiger charge is -2.35. The third-order valence-electron chi connectivity index (χ3n) is 3.79. The minimum Gasteiger partial charge on any atom is -0.319 e. The molecule has 1 aliphatic carbocycles. The zero-order chi connectivity index (χ0) is 13.3. The Bertz CT molecular complexity index is 457. The van der Waals surface area contributed by atoms with Crippen LogP contribution in [0.5, 0.6) is 0 Å². The third-order valence-corrected chi connectivity index (χ3v) is 4.07. The molecule has 0 saturated heterocycles. The van der Waals surface area contributed by atoms with E-state index in [1.807, 2.05) is 6.92 Å². The standard InChI is InChI=1S/C13H20ClN3O/c1-3-17-11(10(14)8-16-17)12(18)13(15)6-4-5-9(2)7-13/h8-9H,3-7,15H2,1-2H3. The van der Waals surface area contributed by atoms with Crippen molar-refractivity contribution in [3.63, 3.8) is 0 Å². The van der Waals surface area contributed by atoms with E-state index in [-0.39, 0.29) is 5.78 Å². The molecule has 100 valence electrons. The number of carbonyl (C=O) groups excluding carboxylic acids is 1.